The number of nitrogens with one attached hydrogen (secondary N) is 6. The van der Waals surface area contributed by atoms with Crippen LogP contribution in [0.15, 0.2) is 94.9 Å². The van der Waals surface area contributed by atoms with Gasteiger partial charge in [-0.05, 0) is 88.3 Å². The first-order chi connectivity index (χ1) is 28.8. The lowest BCUT2D eigenvalue weighted by molar-refractivity contribution is 0.0802. The molecule has 4 aromatic rings. The predicted octanol–water partition coefficient (Wildman–Crippen LogP) is 5.70. The second-order valence-corrected chi connectivity index (χ2v) is 12.6. The molecule has 18 nitrogen and oxygen atoms in total. The van der Waals surface area contributed by atoms with Crippen molar-refractivity contribution >= 4 is 59.2 Å². The molecule has 0 spiro atoms. The number of amides is 6. The number of isocyanates is 2. The zero-order chi connectivity index (χ0) is 41.7. The van der Waals surface area contributed by atoms with Crippen LogP contribution in [0.5, 0.6) is 0 Å². The molecule has 6 amide bonds. The van der Waals surface area contributed by atoms with Crippen molar-refractivity contribution in [1.82, 2.24) is 10.6 Å². The van der Waals surface area contributed by atoms with E-state index in [1.54, 1.807) is 48.5 Å². The highest BCUT2D eigenvalue weighted by Crippen LogP contribution is 2.39. The topological polar surface area (TPSA) is 236 Å². The molecule has 4 aromatic carbocycles. The molecule has 1 aliphatic carbocycles. The van der Waals surface area contributed by atoms with E-state index >= 15 is 0 Å². The molecule has 5 rings (SSSR count). The number of rotatable bonds is 20. The monoisotopic (exact) mass is 806 g/mol. The molecule has 18 heteroatoms. The van der Waals surface area contributed by atoms with E-state index in [0.29, 0.717) is 29.2 Å². The summed E-state index contributed by atoms with van der Waals surface area (Å²) in [6.45, 7) is 1.65. The van der Waals surface area contributed by atoms with Gasteiger partial charge < -0.3 is 40.2 Å². The fraction of sp³-hybridized carbons (Fsp3) is 0.268. The smallest absolute Gasteiger partial charge is 0.411 e. The maximum absolute atomic E-state index is 12.5. The normalized spacial score (nSPS) is 10.7. The van der Waals surface area contributed by atoms with Gasteiger partial charge >= 0.3 is 24.2 Å². The number of urea groups is 2. The summed E-state index contributed by atoms with van der Waals surface area (Å²) in [6, 6.07) is 24.1. The van der Waals surface area contributed by atoms with Crippen LogP contribution in [0.2, 0.25) is 0 Å². The molecule has 0 heterocycles. The maximum Gasteiger partial charge on any atom is 0.411 e. The second-order valence-electron chi connectivity index (χ2n) is 12.6. The summed E-state index contributed by atoms with van der Waals surface area (Å²) >= 11 is 0. The zero-order valence-electron chi connectivity index (χ0n) is 31.8. The molecule has 0 unspecified atom stereocenters. The molecule has 0 aromatic heterocycles. The van der Waals surface area contributed by atoms with Gasteiger partial charge in [-0.2, -0.15) is 0 Å². The van der Waals surface area contributed by atoms with E-state index in [2.05, 4.69) is 41.9 Å². The molecule has 0 aliphatic heterocycles. The summed E-state index contributed by atoms with van der Waals surface area (Å²) in [4.78, 5) is 76.4. The van der Waals surface area contributed by atoms with Crippen LogP contribution in [0, 0.1) is 0 Å². The van der Waals surface area contributed by atoms with Crippen molar-refractivity contribution in [2.45, 2.75) is 19.5 Å². The van der Waals surface area contributed by atoms with Crippen molar-refractivity contribution in [1.29, 1.82) is 0 Å². The van der Waals surface area contributed by atoms with Gasteiger partial charge in [-0.1, -0.05) is 36.4 Å². The Morgan fingerprint density at radius 3 is 1.32 bits per heavy atom. The van der Waals surface area contributed by atoms with Crippen LogP contribution in [0.3, 0.4) is 0 Å². The molecule has 0 fully saturated rings. The van der Waals surface area contributed by atoms with Crippen molar-refractivity contribution in [2.75, 3.05) is 74.0 Å². The summed E-state index contributed by atoms with van der Waals surface area (Å²) in [7, 11) is 0. The Morgan fingerprint density at radius 2 is 0.915 bits per heavy atom. The van der Waals surface area contributed by atoms with Gasteiger partial charge in [0.05, 0.1) is 39.5 Å². The number of nitrogens with zero attached hydrogens (tertiary/aromatic N) is 2. The first-order valence-corrected chi connectivity index (χ1v) is 18.4. The minimum absolute atomic E-state index is 0.0201. The van der Waals surface area contributed by atoms with Gasteiger partial charge in [0.1, 0.15) is 13.2 Å². The van der Waals surface area contributed by atoms with Crippen LogP contribution in [0.4, 0.5) is 41.9 Å². The number of anilines is 4. The van der Waals surface area contributed by atoms with Gasteiger partial charge in [0.15, 0.2) is 0 Å². The first-order valence-electron chi connectivity index (χ1n) is 18.4. The van der Waals surface area contributed by atoms with E-state index < -0.39 is 24.2 Å². The van der Waals surface area contributed by atoms with Gasteiger partial charge in [0.25, 0.3) is 0 Å². The molecule has 0 saturated heterocycles. The van der Waals surface area contributed by atoms with E-state index in [1.165, 1.54) is 12.2 Å². The SMILES string of the molecule is O=C=NCc1ccc(NC(=O)OCCOCCNC(=O)Nc2ccc3c(c2)Cc2cc(NC(=O)NCCOCCOC(=O)Nc4ccc(CN=C=O)cc4)ccc2-3)cc1. The standard InChI is InChI=1S/C41H42N8O10/c50-26-42-24-28-1-5-32(6-2-28)48-40(54)58-19-17-56-15-13-44-38(52)46-34-9-11-36-30(22-34)21-31-23-35(10-12-37(31)36)47-39(53)45-14-16-57-18-20-59-41(55)49-33-7-3-29(4-8-33)25-43-27-51/h1-12,22-23H,13-21,24-25H2,(H,48,54)(H,49,55)(H2,44,46,52)(H2,45,47,53). The number of fused-ring (bicyclic) bond motifs is 3. The fourth-order valence-electron chi connectivity index (χ4n) is 5.72. The number of aliphatic imine (C=N–C) groups is 2. The van der Waals surface area contributed by atoms with Crippen molar-refractivity contribution in [2.24, 2.45) is 9.98 Å². The van der Waals surface area contributed by atoms with Crippen molar-refractivity contribution < 1.29 is 47.7 Å². The quantitative estimate of drug-likeness (QED) is 0.0319. The number of ether oxygens (including phenoxy) is 4. The maximum atomic E-state index is 12.5. The van der Waals surface area contributed by atoms with Crippen LogP contribution < -0.4 is 31.9 Å². The number of hydrogen-bond acceptors (Lipinski definition) is 12. The number of carbonyl (C=O) groups is 4. The van der Waals surface area contributed by atoms with Gasteiger partial charge in [-0.25, -0.2) is 38.8 Å². The zero-order valence-corrected chi connectivity index (χ0v) is 31.8. The molecule has 306 valence electrons. The summed E-state index contributed by atoms with van der Waals surface area (Å²) in [5, 5.41) is 16.3. The lowest BCUT2D eigenvalue weighted by atomic mass is 10.1. The molecule has 0 saturated carbocycles. The average Bonchev–Trinajstić information content (AvgIpc) is 3.59. The number of benzene rings is 4. The first kappa shape index (κ1) is 42.8. The minimum Gasteiger partial charge on any atom is -0.447 e. The van der Waals surface area contributed by atoms with E-state index in [-0.39, 0.29) is 65.8 Å². The lowest BCUT2D eigenvalue weighted by Gasteiger charge is -2.11. The van der Waals surface area contributed by atoms with Crippen LogP contribution in [0.1, 0.15) is 22.3 Å². The summed E-state index contributed by atoms with van der Waals surface area (Å²) in [5.41, 5.74) is 8.05. The molecule has 0 bridgehead atoms. The highest BCUT2D eigenvalue weighted by atomic mass is 16.6. The molecule has 0 radical (unpaired) electrons. The van der Waals surface area contributed by atoms with Crippen LogP contribution in [-0.2, 0) is 48.0 Å². The molecule has 1 aliphatic rings. The number of hydrogen-bond donors (Lipinski definition) is 6. The Morgan fingerprint density at radius 1 is 0.508 bits per heavy atom. The molecule has 59 heavy (non-hydrogen) atoms. The Labute approximate surface area is 338 Å². The lowest BCUT2D eigenvalue weighted by Crippen LogP contribution is -2.31. The summed E-state index contributed by atoms with van der Waals surface area (Å²) in [5.74, 6) is 0. The second kappa shape index (κ2) is 23.0. The van der Waals surface area contributed by atoms with Crippen LogP contribution >= 0.6 is 0 Å². The van der Waals surface area contributed by atoms with Gasteiger partial charge in [-0.15, -0.1) is 0 Å². The third kappa shape index (κ3) is 14.6. The Balaban J connectivity index is 0.904. The van der Waals surface area contributed by atoms with Crippen molar-refractivity contribution in [3.8, 4) is 11.1 Å². The molecule has 0 atom stereocenters. The highest BCUT2D eigenvalue weighted by molar-refractivity contribution is 5.92. The molecular formula is C41H42N8O10. The highest BCUT2D eigenvalue weighted by Gasteiger charge is 2.20. The number of carbonyl (C=O) groups excluding carboxylic acids is 6. The largest absolute Gasteiger partial charge is 0.447 e. The minimum atomic E-state index is -0.641. The van der Waals surface area contributed by atoms with Crippen LogP contribution in [-0.4, -0.2) is 89.1 Å². The molecule has 6 N–H and O–H groups in total. The summed E-state index contributed by atoms with van der Waals surface area (Å²) in [6.07, 6.45) is 2.29. The van der Waals surface area contributed by atoms with E-state index in [4.69, 9.17) is 18.9 Å². The Kier molecular flexibility index (Phi) is 16.7. The Bertz CT molecular complexity index is 2020. The Hall–Kier alpha value is -7.36. The summed E-state index contributed by atoms with van der Waals surface area (Å²) < 4.78 is 21.1. The fourth-order valence-corrected chi connectivity index (χ4v) is 5.72. The predicted molar refractivity (Wildman–Crippen MR) is 217 cm³/mol. The van der Waals surface area contributed by atoms with E-state index in [9.17, 15) is 28.8 Å². The third-order valence-electron chi connectivity index (χ3n) is 8.44. The van der Waals surface area contributed by atoms with Gasteiger partial charge in [-0.3, -0.25) is 10.6 Å². The molecular weight excluding hydrogens is 764 g/mol. The van der Waals surface area contributed by atoms with Gasteiger partial charge in [0, 0.05) is 35.8 Å². The van der Waals surface area contributed by atoms with E-state index in [0.717, 1.165) is 33.4 Å². The van der Waals surface area contributed by atoms with Gasteiger partial charge in [0.2, 0.25) is 12.2 Å². The third-order valence-corrected chi connectivity index (χ3v) is 8.44. The average molecular weight is 807 g/mol. The van der Waals surface area contributed by atoms with Crippen LogP contribution in [0.25, 0.3) is 11.1 Å². The van der Waals surface area contributed by atoms with Crippen molar-refractivity contribution in [3.63, 3.8) is 0 Å². The van der Waals surface area contributed by atoms with Crippen molar-refractivity contribution in [3.05, 3.63) is 107 Å². The van der Waals surface area contributed by atoms with E-state index in [1.807, 2.05) is 36.4 Å².